The highest BCUT2D eigenvalue weighted by molar-refractivity contribution is 5.76. The minimum absolute atomic E-state index is 0.0983. The number of ether oxygens (including phenoxy) is 2. The molecule has 1 aromatic rings. The Morgan fingerprint density at radius 2 is 2.11 bits per heavy atom. The van der Waals surface area contributed by atoms with Crippen molar-refractivity contribution in [2.75, 3.05) is 13.2 Å². The molecule has 0 radical (unpaired) electrons. The van der Waals surface area contributed by atoms with Gasteiger partial charge in [-0.05, 0) is 38.0 Å². The van der Waals surface area contributed by atoms with Gasteiger partial charge in [0.05, 0.1) is 6.61 Å². The Labute approximate surface area is 114 Å². The fourth-order valence-corrected chi connectivity index (χ4v) is 1.76. The van der Waals surface area contributed by atoms with Crippen molar-refractivity contribution in [3.63, 3.8) is 0 Å². The van der Waals surface area contributed by atoms with Crippen LogP contribution >= 0.6 is 0 Å². The molecule has 1 heterocycles. The summed E-state index contributed by atoms with van der Waals surface area (Å²) in [6.45, 7) is 5.36. The van der Waals surface area contributed by atoms with Crippen LogP contribution in [0, 0.1) is 0 Å². The van der Waals surface area contributed by atoms with E-state index in [2.05, 4.69) is 5.32 Å². The monoisotopic (exact) mass is 263 g/mol. The van der Waals surface area contributed by atoms with Gasteiger partial charge in [0.1, 0.15) is 18.5 Å². The van der Waals surface area contributed by atoms with Crippen molar-refractivity contribution < 1.29 is 14.3 Å². The first-order valence-electron chi connectivity index (χ1n) is 6.76. The number of aryl methyl sites for hydroxylation is 1. The highest BCUT2D eigenvalue weighted by Gasteiger charge is 2.22. The Hall–Kier alpha value is -1.55. The van der Waals surface area contributed by atoms with E-state index in [0.717, 1.165) is 24.3 Å². The molecular formula is C15H21NO3. The van der Waals surface area contributed by atoms with E-state index >= 15 is 0 Å². The van der Waals surface area contributed by atoms with Crippen molar-refractivity contribution in [3.8, 4) is 5.75 Å². The molecule has 1 N–H and O–H groups in total. The maximum atomic E-state index is 11.5. The lowest BCUT2D eigenvalue weighted by atomic mass is 10.1. The minimum atomic E-state index is 0.0983. The summed E-state index contributed by atoms with van der Waals surface area (Å²) >= 11 is 0. The van der Waals surface area contributed by atoms with Crippen LogP contribution in [0.2, 0.25) is 0 Å². The molecular weight excluding hydrogens is 242 g/mol. The Morgan fingerprint density at radius 3 is 2.68 bits per heavy atom. The fraction of sp³-hybridized carbons (Fsp3) is 0.533. The Morgan fingerprint density at radius 1 is 1.42 bits per heavy atom. The highest BCUT2D eigenvalue weighted by Crippen LogP contribution is 2.16. The van der Waals surface area contributed by atoms with Crippen molar-refractivity contribution in [2.24, 2.45) is 0 Å². The SMILES string of the molecule is CC(C)NC(=O)CCc1ccc(OCC2CO2)cc1. The quantitative estimate of drug-likeness (QED) is 0.765. The van der Waals surface area contributed by atoms with E-state index in [-0.39, 0.29) is 18.1 Å². The number of nitrogens with one attached hydrogen (secondary N) is 1. The molecule has 0 saturated carbocycles. The molecule has 1 fully saturated rings. The number of benzene rings is 1. The normalized spacial score (nSPS) is 17.3. The van der Waals surface area contributed by atoms with Gasteiger partial charge in [-0.2, -0.15) is 0 Å². The molecule has 1 unspecified atom stereocenters. The van der Waals surface area contributed by atoms with Crippen LogP contribution in [0.3, 0.4) is 0 Å². The third-order valence-corrected chi connectivity index (χ3v) is 2.85. The van der Waals surface area contributed by atoms with Crippen molar-refractivity contribution in [3.05, 3.63) is 29.8 Å². The van der Waals surface area contributed by atoms with E-state index in [0.29, 0.717) is 13.0 Å². The van der Waals surface area contributed by atoms with E-state index in [1.165, 1.54) is 0 Å². The topological polar surface area (TPSA) is 50.9 Å². The van der Waals surface area contributed by atoms with Crippen molar-refractivity contribution >= 4 is 5.91 Å². The van der Waals surface area contributed by atoms with E-state index < -0.39 is 0 Å². The number of amides is 1. The average Bonchev–Trinajstić information content (AvgIpc) is 3.18. The van der Waals surface area contributed by atoms with Crippen LogP contribution in [0.25, 0.3) is 0 Å². The standard InChI is InChI=1S/C15H21NO3/c1-11(2)16-15(17)8-5-12-3-6-13(7-4-12)18-9-14-10-19-14/h3-4,6-7,11,14H,5,8-10H2,1-2H3,(H,16,17). The van der Waals surface area contributed by atoms with Crippen molar-refractivity contribution in [2.45, 2.75) is 38.8 Å². The fourth-order valence-electron chi connectivity index (χ4n) is 1.76. The molecule has 104 valence electrons. The summed E-state index contributed by atoms with van der Waals surface area (Å²) in [6, 6.07) is 8.10. The Bertz CT molecular complexity index is 410. The summed E-state index contributed by atoms with van der Waals surface area (Å²) in [5.41, 5.74) is 1.15. The summed E-state index contributed by atoms with van der Waals surface area (Å²) in [6.07, 6.45) is 1.55. The van der Waals surface area contributed by atoms with Gasteiger partial charge in [0.15, 0.2) is 0 Å². The molecule has 2 rings (SSSR count). The van der Waals surface area contributed by atoms with Gasteiger partial charge in [-0.15, -0.1) is 0 Å². The molecule has 0 aliphatic carbocycles. The van der Waals surface area contributed by atoms with Gasteiger partial charge < -0.3 is 14.8 Å². The van der Waals surface area contributed by atoms with E-state index in [9.17, 15) is 4.79 Å². The number of hydrogen-bond donors (Lipinski definition) is 1. The van der Waals surface area contributed by atoms with E-state index in [1.54, 1.807) is 0 Å². The predicted octanol–water partition coefficient (Wildman–Crippen LogP) is 1.92. The van der Waals surface area contributed by atoms with Crippen LogP contribution in [0.15, 0.2) is 24.3 Å². The zero-order chi connectivity index (χ0) is 13.7. The summed E-state index contributed by atoms with van der Waals surface area (Å²) in [5, 5.41) is 2.89. The molecule has 1 aliphatic rings. The van der Waals surface area contributed by atoms with Crippen molar-refractivity contribution in [1.29, 1.82) is 0 Å². The molecule has 1 amide bonds. The van der Waals surface area contributed by atoms with Crippen LogP contribution in [0.5, 0.6) is 5.75 Å². The molecule has 19 heavy (non-hydrogen) atoms. The van der Waals surface area contributed by atoms with Gasteiger partial charge in [0, 0.05) is 12.5 Å². The highest BCUT2D eigenvalue weighted by atomic mass is 16.6. The summed E-state index contributed by atoms with van der Waals surface area (Å²) in [4.78, 5) is 11.5. The molecule has 0 bridgehead atoms. The first-order chi connectivity index (χ1) is 9.13. The number of carbonyl (C=O) groups is 1. The third kappa shape index (κ3) is 5.30. The Balaban J connectivity index is 1.72. The van der Waals surface area contributed by atoms with Crippen LogP contribution in [-0.2, 0) is 16.0 Å². The number of rotatable bonds is 7. The first kappa shape index (κ1) is 13.9. The molecule has 1 saturated heterocycles. The number of hydrogen-bond acceptors (Lipinski definition) is 3. The Kier molecular flexibility index (Phi) is 4.80. The van der Waals surface area contributed by atoms with Crippen LogP contribution in [0.4, 0.5) is 0 Å². The van der Waals surface area contributed by atoms with Crippen LogP contribution in [-0.4, -0.2) is 31.3 Å². The second kappa shape index (κ2) is 6.57. The smallest absolute Gasteiger partial charge is 0.220 e. The largest absolute Gasteiger partial charge is 0.491 e. The van der Waals surface area contributed by atoms with Crippen LogP contribution < -0.4 is 10.1 Å². The minimum Gasteiger partial charge on any atom is -0.491 e. The lowest BCUT2D eigenvalue weighted by Gasteiger charge is -2.08. The van der Waals surface area contributed by atoms with Crippen LogP contribution in [0.1, 0.15) is 25.8 Å². The molecule has 4 heteroatoms. The van der Waals surface area contributed by atoms with E-state index in [1.807, 2.05) is 38.1 Å². The molecule has 4 nitrogen and oxygen atoms in total. The second-order valence-electron chi connectivity index (χ2n) is 5.13. The molecule has 1 aromatic carbocycles. The maximum absolute atomic E-state index is 11.5. The zero-order valence-corrected chi connectivity index (χ0v) is 11.5. The molecule has 0 aromatic heterocycles. The van der Waals surface area contributed by atoms with Gasteiger partial charge in [-0.3, -0.25) is 4.79 Å². The third-order valence-electron chi connectivity index (χ3n) is 2.85. The summed E-state index contributed by atoms with van der Waals surface area (Å²) in [5.74, 6) is 0.951. The van der Waals surface area contributed by atoms with Gasteiger partial charge >= 0.3 is 0 Å². The maximum Gasteiger partial charge on any atom is 0.220 e. The lowest BCUT2D eigenvalue weighted by molar-refractivity contribution is -0.121. The molecule has 1 aliphatic heterocycles. The molecule has 1 atom stereocenters. The molecule has 0 spiro atoms. The number of epoxide rings is 1. The van der Waals surface area contributed by atoms with Gasteiger partial charge in [-0.25, -0.2) is 0 Å². The first-order valence-corrected chi connectivity index (χ1v) is 6.76. The number of carbonyl (C=O) groups excluding carboxylic acids is 1. The van der Waals surface area contributed by atoms with Crippen molar-refractivity contribution in [1.82, 2.24) is 5.32 Å². The van der Waals surface area contributed by atoms with E-state index in [4.69, 9.17) is 9.47 Å². The summed E-state index contributed by atoms with van der Waals surface area (Å²) < 4.78 is 10.6. The zero-order valence-electron chi connectivity index (χ0n) is 11.5. The predicted molar refractivity (Wildman–Crippen MR) is 73.3 cm³/mol. The summed E-state index contributed by atoms with van der Waals surface area (Å²) in [7, 11) is 0. The second-order valence-corrected chi connectivity index (χ2v) is 5.13. The average molecular weight is 263 g/mol. The van der Waals surface area contributed by atoms with Gasteiger partial charge in [-0.1, -0.05) is 12.1 Å². The lowest BCUT2D eigenvalue weighted by Crippen LogP contribution is -2.30. The van der Waals surface area contributed by atoms with Gasteiger partial charge in [0.25, 0.3) is 0 Å². The van der Waals surface area contributed by atoms with Gasteiger partial charge in [0.2, 0.25) is 5.91 Å².